The number of carbonyl (C=O) groups is 1. The lowest BCUT2D eigenvalue weighted by Crippen LogP contribution is -2.16. The van der Waals surface area contributed by atoms with Crippen molar-refractivity contribution in [3.63, 3.8) is 0 Å². The Morgan fingerprint density at radius 3 is 2.53 bits per heavy atom. The molecule has 0 spiro atoms. The highest BCUT2D eigenvalue weighted by molar-refractivity contribution is 7.92. The van der Waals surface area contributed by atoms with Crippen molar-refractivity contribution < 1.29 is 17.6 Å². The van der Waals surface area contributed by atoms with Crippen molar-refractivity contribution in [1.29, 1.82) is 0 Å². The zero-order chi connectivity index (χ0) is 21.3. The van der Waals surface area contributed by atoms with Crippen molar-refractivity contribution in [2.75, 3.05) is 10.0 Å². The number of fused-ring (bicyclic) bond motifs is 1. The van der Waals surface area contributed by atoms with Gasteiger partial charge < -0.3 is 5.32 Å². The fraction of sp³-hybridized carbons (Fsp3) is 0.0500. The predicted molar refractivity (Wildman–Crippen MR) is 109 cm³/mol. The molecule has 0 saturated carbocycles. The number of hydrogen-bond donors (Lipinski definition) is 2. The van der Waals surface area contributed by atoms with Gasteiger partial charge in [0.25, 0.3) is 15.9 Å². The predicted octanol–water partition coefficient (Wildman–Crippen LogP) is 3.23. The van der Waals surface area contributed by atoms with E-state index >= 15 is 0 Å². The van der Waals surface area contributed by atoms with E-state index in [9.17, 15) is 17.6 Å². The average molecular weight is 425 g/mol. The Morgan fingerprint density at radius 2 is 1.83 bits per heavy atom. The number of aromatic nitrogens is 3. The summed E-state index contributed by atoms with van der Waals surface area (Å²) in [5.41, 5.74) is 1.46. The van der Waals surface area contributed by atoms with Crippen LogP contribution < -0.4 is 10.0 Å². The second-order valence-corrected chi connectivity index (χ2v) is 8.10. The molecule has 0 aliphatic heterocycles. The minimum atomic E-state index is -3.82. The number of aryl methyl sites for hydroxylation is 1. The molecule has 0 atom stereocenters. The highest BCUT2D eigenvalue weighted by Crippen LogP contribution is 2.19. The fourth-order valence-corrected chi connectivity index (χ4v) is 3.95. The highest BCUT2D eigenvalue weighted by Gasteiger charge is 2.18. The number of amides is 1. The molecule has 4 aromatic rings. The number of sulfonamides is 1. The van der Waals surface area contributed by atoms with E-state index in [1.165, 1.54) is 59.3 Å². The molecule has 3 heterocycles. The molecular formula is C20H16FN5O3S. The summed E-state index contributed by atoms with van der Waals surface area (Å²) in [5, 5.41) is 2.68. The largest absolute Gasteiger partial charge is 0.321 e. The van der Waals surface area contributed by atoms with Gasteiger partial charge in [-0.15, -0.1) is 0 Å². The van der Waals surface area contributed by atoms with E-state index in [0.29, 0.717) is 17.0 Å². The minimum absolute atomic E-state index is 0.0132. The van der Waals surface area contributed by atoms with Crippen LogP contribution in [0.5, 0.6) is 0 Å². The van der Waals surface area contributed by atoms with E-state index in [1.54, 1.807) is 19.1 Å². The number of carbonyl (C=O) groups excluding carboxylic acids is 1. The monoisotopic (exact) mass is 425 g/mol. The van der Waals surface area contributed by atoms with Gasteiger partial charge in [0, 0.05) is 18.1 Å². The molecule has 10 heteroatoms. The third-order valence-corrected chi connectivity index (χ3v) is 5.67. The molecule has 1 amide bonds. The Balaban J connectivity index is 1.55. The summed E-state index contributed by atoms with van der Waals surface area (Å²) in [6.45, 7) is 1.65. The second-order valence-electron chi connectivity index (χ2n) is 6.42. The van der Waals surface area contributed by atoms with E-state index in [-0.39, 0.29) is 16.4 Å². The molecular weight excluding hydrogens is 409 g/mol. The number of halogens is 1. The van der Waals surface area contributed by atoms with E-state index in [2.05, 4.69) is 20.0 Å². The number of rotatable bonds is 5. The zero-order valence-corrected chi connectivity index (χ0v) is 16.5. The average Bonchev–Trinajstić information content (AvgIpc) is 3.04. The highest BCUT2D eigenvalue weighted by atomic mass is 32.2. The van der Waals surface area contributed by atoms with Gasteiger partial charge in [-0.25, -0.2) is 22.8 Å². The van der Waals surface area contributed by atoms with Crippen molar-refractivity contribution in [3.05, 3.63) is 84.2 Å². The molecule has 0 unspecified atom stereocenters. The van der Waals surface area contributed by atoms with Crippen LogP contribution in [0.25, 0.3) is 5.65 Å². The van der Waals surface area contributed by atoms with Gasteiger partial charge in [-0.1, -0.05) is 6.07 Å². The smallest absolute Gasteiger partial charge is 0.274 e. The van der Waals surface area contributed by atoms with E-state index in [4.69, 9.17) is 0 Å². The van der Waals surface area contributed by atoms with Gasteiger partial charge in [0.05, 0.1) is 10.6 Å². The van der Waals surface area contributed by atoms with Crippen molar-refractivity contribution in [2.24, 2.45) is 0 Å². The number of nitrogens with one attached hydrogen (secondary N) is 2. The van der Waals surface area contributed by atoms with Crippen molar-refractivity contribution in [3.8, 4) is 0 Å². The number of anilines is 2. The lowest BCUT2D eigenvalue weighted by molar-refractivity contribution is 0.102. The van der Waals surface area contributed by atoms with Crippen molar-refractivity contribution >= 4 is 33.1 Å². The molecule has 4 rings (SSSR count). The number of pyridine rings is 2. The van der Waals surface area contributed by atoms with Gasteiger partial charge in [-0.05, 0) is 55.5 Å². The van der Waals surface area contributed by atoms with Gasteiger partial charge in [-0.3, -0.25) is 13.9 Å². The lowest BCUT2D eigenvalue weighted by Gasteiger charge is -2.09. The Kier molecular flexibility index (Phi) is 4.92. The Morgan fingerprint density at radius 1 is 1.07 bits per heavy atom. The summed E-state index contributed by atoms with van der Waals surface area (Å²) in [6, 6.07) is 13.3. The number of benzene rings is 1. The zero-order valence-electron chi connectivity index (χ0n) is 15.7. The Hall–Kier alpha value is -3.79. The van der Waals surface area contributed by atoms with Crippen LogP contribution in [-0.4, -0.2) is 28.7 Å². The number of imidazole rings is 1. The molecule has 0 aliphatic rings. The standard InChI is InChI=1S/C20H16FN5O3S/c1-13-19(26-12-14(21)5-10-18(26)23-13)20(27)24-15-6-8-16(9-7-15)30(28,29)25-17-4-2-3-11-22-17/h2-12H,1H3,(H,22,25)(H,24,27). The summed E-state index contributed by atoms with van der Waals surface area (Å²) in [5.74, 6) is -0.790. The molecule has 0 bridgehead atoms. The van der Waals surface area contributed by atoms with Crippen LogP contribution in [0.3, 0.4) is 0 Å². The molecule has 2 N–H and O–H groups in total. The van der Waals surface area contributed by atoms with Crippen LogP contribution in [0.1, 0.15) is 16.2 Å². The first-order valence-corrected chi connectivity index (χ1v) is 10.3. The lowest BCUT2D eigenvalue weighted by atomic mass is 10.3. The maximum absolute atomic E-state index is 13.6. The van der Waals surface area contributed by atoms with Crippen LogP contribution in [0, 0.1) is 12.7 Å². The first-order valence-electron chi connectivity index (χ1n) is 8.83. The first-order chi connectivity index (χ1) is 14.3. The molecule has 0 radical (unpaired) electrons. The Labute approximate surface area is 171 Å². The van der Waals surface area contributed by atoms with E-state index < -0.39 is 21.7 Å². The maximum atomic E-state index is 13.6. The summed E-state index contributed by atoms with van der Waals surface area (Å²) in [7, 11) is -3.82. The van der Waals surface area contributed by atoms with Crippen LogP contribution >= 0.6 is 0 Å². The minimum Gasteiger partial charge on any atom is -0.321 e. The molecule has 0 aliphatic carbocycles. The van der Waals surface area contributed by atoms with Crippen molar-refractivity contribution in [1.82, 2.24) is 14.4 Å². The quantitative estimate of drug-likeness (QED) is 0.511. The molecule has 0 saturated heterocycles. The van der Waals surface area contributed by atoms with Crippen LogP contribution in [0.4, 0.5) is 15.9 Å². The third kappa shape index (κ3) is 3.85. The van der Waals surface area contributed by atoms with Gasteiger partial charge in [-0.2, -0.15) is 0 Å². The molecule has 1 aromatic carbocycles. The normalized spacial score (nSPS) is 11.4. The summed E-state index contributed by atoms with van der Waals surface area (Å²) < 4.78 is 42.2. The number of hydrogen-bond acceptors (Lipinski definition) is 5. The van der Waals surface area contributed by atoms with E-state index in [0.717, 1.165) is 0 Å². The van der Waals surface area contributed by atoms with Crippen LogP contribution in [-0.2, 0) is 10.0 Å². The third-order valence-electron chi connectivity index (χ3n) is 4.30. The van der Waals surface area contributed by atoms with Crippen molar-refractivity contribution in [2.45, 2.75) is 11.8 Å². The summed E-state index contributed by atoms with van der Waals surface area (Å²) >= 11 is 0. The van der Waals surface area contributed by atoms with Crippen LogP contribution in [0.2, 0.25) is 0 Å². The molecule has 152 valence electrons. The fourth-order valence-electron chi connectivity index (χ4n) is 2.94. The Bertz CT molecular complexity index is 1340. The van der Waals surface area contributed by atoms with Gasteiger partial charge in [0.2, 0.25) is 0 Å². The topological polar surface area (TPSA) is 105 Å². The summed E-state index contributed by atoms with van der Waals surface area (Å²) in [6.07, 6.45) is 2.66. The van der Waals surface area contributed by atoms with Gasteiger partial charge >= 0.3 is 0 Å². The molecule has 30 heavy (non-hydrogen) atoms. The summed E-state index contributed by atoms with van der Waals surface area (Å²) in [4.78, 5) is 20.9. The number of nitrogens with zero attached hydrogens (tertiary/aromatic N) is 3. The first kappa shape index (κ1) is 19.5. The molecule has 3 aromatic heterocycles. The maximum Gasteiger partial charge on any atom is 0.274 e. The van der Waals surface area contributed by atoms with Crippen LogP contribution in [0.15, 0.2) is 71.9 Å². The molecule has 8 nitrogen and oxygen atoms in total. The van der Waals surface area contributed by atoms with E-state index in [1.807, 2.05) is 0 Å². The molecule has 0 fully saturated rings. The van der Waals surface area contributed by atoms with Gasteiger partial charge in [0.1, 0.15) is 23.0 Å². The van der Waals surface area contributed by atoms with Gasteiger partial charge in [0.15, 0.2) is 0 Å². The SMILES string of the molecule is Cc1nc2ccc(F)cn2c1C(=O)Nc1ccc(S(=O)(=O)Nc2ccccn2)cc1. The second kappa shape index (κ2) is 7.56.